The number of nitrogens with zero attached hydrogens (tertiary/aromatic N) is 1. The van der Waals surface area contributed by atoms with Crippen LogP contribution in [0.2, 0.25) is 0 Å². The van der Waals surface area contributed by atoms with Crippen molar-refractivity contribution >= 4 is 0 Å². The van der Waals surface area contributed by atoms with Gasteiger partial charge < -0.3 is 14.7 Å². The molecule has 15 heavy (non-hydrogen) atoms. The van der Waals surface area contributed by atoms with Crippen molar-refractivity contribution in [1.82, 2.24) is 4.90 Å². The van der Waals surface area contributed by atoms with Gasteiger partial charge in [0, 0.05) is 25.2 Å². The summed E-state index contributed by atoms with van der Waals surface area (Å²) in [6.45, 7) is 6.05. The van der Waals surface area contributed by atoms with Crippen molar-refractivity contribution in [2.45, 2.75) is 45.3 Å². The number of ether oxygens (including phenoxy) is 1. The lowest BCUT2D eigenvalue weighted by atomic mass is 9.94. The van der Waals surface area contributed by atoms with E-state index in [9.17, 15) is 5.11 Å². The number of hydrogen-bond donors (Lipinski definition) is 1. The average molecular weight is 211 g/mol. The molecule has 0 aromatic carbocycles. The first-order valence-corrected chi connectivity index (χ1v) is 6.01. The van der Waals surface area contributed by atoms with Crippen molar-refractivity contribution in [1.29, 1.82) is 0 Å². The van der Waals surface area contributed by atoms with Crippen LogP contribution < -0.4 is 0 Å². The summed E-state index contributed by atoms with van der Waals surface area (Å²) in [6.07, 6.45) is 5.46. The Balaban J connectivity index is 2.01. The van der Waals surface area contributed by atoms with Crippen molar-refractivity contribution in [3.8, 4) is 0 Å². The van der Waals surface area contributed by atoms with E-state index < -0.39 is 0 Å². The minimum atomic E-state index is -0.244. The van der Waals surface area contributed by atoms with Crippen LogP contribution >= 0.6 is 0 Å². The summed E-state index contributed by atoms with van der Waals surface area (Å²) in [5, 5.41) is 10.0. The summed E-state index contributed by atoms with van der Waals surface area (Å²) < 4.78 is 5.71. The maximum atomic E-state index is 10.0. The van der Waals surface area contributed by atoms with E-state index in [1.807, 2.05) is 0 Å². The molecule has 3 heteroatoms. The highest BCUT2D eigenvalue weighted by molar-refractivity contribution is 5.10. The van der Waals surface area contributed by atoms with Crippen LogP contribution in [0.15, 0.2) is 12.0 Å². The Morgan fingerprint density at radius 3 is 3.13 bits per heavy atom. The molecule has 1 fully saturated rings. The van der Waals surface area contributed by atoms with Gasteiger partial charge in [0.1, 0.15) is 5.76 Å². The van der Waals surface area contributed by atoms with Crippen molar-refractivity contribution < 1.29 is 9.84 Å². The number of rotatable bonds is 3. The molecular weight excluding hydrogens is 190 g/mol. The molecular formula is C12H21NO2. The van der Waals surface area contributed by atoms with E-state index in [4.69, 9.17) is 4.74 Å². The monoisotopic (exact) mass is 211 g/mol. The summed E-state index contributed by atoms with van der Waals surface area (Å²) >= 11 is 0. The van der Waals surface area contributed by atoms with Crippen LogP contribution in [0.3, 0.4) is 0 Å². The first-order valence-electron chi connectivity index (χ1n) is 6.01. The highest BCUT2D eigenvalue weighted by Crippen LogP contribution is 2.35. The average Bonchev–Trinajstić information content (AvgIpc) is 2.56. The molecule has 86 valence electrons. The van der Waals surface area contributed by atoms with Crippen molar-refractivity contribution in [2.24, 2.45) is 5.92 Å². The van der Waals surface area contributed by atoms with E-state index in [1.54, 1.807) is 0 Å². The lowest BCUT2D eigenvalue weighted by Gasteiger charge is -2.31. The standard InChI is InChI=1S/C12H21NO2/c1-3-4-5-13-7-11(14)10-6-9(2)15-12(10)8-13/h8-11,14H,3-7H2,1-2H3. The van der Waals surface area contributed by atoms with Gasteiger partial charge in [0.25, 0.3) is 0 Å². The Kier molecular flexibility index (Phi) is 3.19. The van der Waals surface area contributed by atoms with Gasteiger partial charge in [-0.05, 0) is 19.8 Å². The lowest BCUT2D eigenvalue weighted by Crippen LogP contribution is -2.38. The number of aliphatic hydroxyl groups excluding tert-OH is 1. The number of hydrogen-bond acceptors (Lipinski definition) is 3. The van der Waals surface area contributed by atoms with E-state index in [2.05, 4.69) is 24.9 Å². The maximum Gasteiger partial charge on any atom is 0.118 e. The molecule has 0 aromatic rings. The minimum absolute atomic E-state index is 0.244. The molecule has 0 saturated carbocycles. The van der Waals surface area contributed by atoms with E-state index in [1.165, 1.54) is 12.8 Å². The number of fused-ring (bicyclic) bond motifs is 1. The largest absolute Gasteiger partial charge is 0.493 e. The molecule has 3 atom stereocenters. The number of aliphatic hydroxyl groups is 1. The second-order valence-electron chi connectivity index (χ2n) is 4.72. The Morgan fingerprint density at radius 2 is 2.40 bits per heavy atom. The number of β-amino-alcohol motifs (C(OH)–C–C–N with tert-alkyl or cyclic N) is 1. The van der Waals surface area contributed by atoms with Crippen LogP contribution in [0, 0.1) is 5.92 Å². The van der Waals surface area contributed by atoms with E-state index in [0.717, 1.165) is 25.3 Å². The molecule has 3 unspecified atom stereocenters. The summed E-state index contributed by atoms with van der Waals surface area (Å²) in [5.74, 6) is 1.25. The third-order valence-electron chi connectivity index (χ3n) is 3.28. The summed E-state index contributed by atoms with van der Waals surface area (Å²) in [4.78, 5) is 2.19. The van der Waals surface area contributed by atoms with E-state index in [-0.39, 0.29) is 18.1 Å². The molecule has 0 amide bonds. The van der Waals surface area contributed by atoms with Crippen LogP contribution in [0.5, 0.6) is 0 Å². The molecule has 0 aromatic heterocycles. The zero-order valence-corrected chi connectivity index (χ0v) is 9.65. The minimum Gasteiger partial charge on any atom is -0.493 e. The molecule has 1 saturated heterocycles. The molecule has 0 radical (unpaired) electrons. The topological polar surface area (TPSA) is 32.7 Å². The van der Waals surface area contributed by atoms with Crippen molar-refractivity contribution in [3.63, 3.8) is 0 Å². The Bertz CT molecular complexity index is 252. The van der Waals surface area contributed by atoms with Crippen molar-refractivity contribution in [2.75, 3.05) is 13.1 Å². The molecule has 3 nitrogen and oxygen atoms in total. The molecule has 0 aliphatic carbocycles. The van der Waals surface area contributed by atoms with Gasteiger partial charge in [-0.25, -0.2) is 0 Å². The van der Waals surface area contributed by atoms with E-state index >= 15 is 0 Å². The summed E-state index contributed by atoms with van der Waals surface area (Å²) in [6, 6.07) is 0. The third kappa shape index (κ3) is 2.28. The second-order valence-corrected chi connectivity index (χ2v) is 4.72. The third-order valence-corrected chi connectivity index (χ3v) is 3.28. The normalized spacial score (nSPS) is 34.7. The molecule has 2 rings (SSSR count). The fourth-order valence-electron chi connectivity index (χ4n) is 2.43. The quantitative estimate of drug-likeness (QED) is 0.771. The van der Waals surface area contributed by atoms with E-state index in [0.29, 0.717) is 0 Å². The second kappa shape index (κ2) is 4.44. The van der Waals surface area contributed by atoms with Crippen molar-refractivity contribution in [3.05, 3.63) is 12.0 Å². The van der Waals surface area contributed by atoms with Crippen LogP contribution in [0.25, 0.3) is 0 Å². The molecule has 2 aliphatic heterocycles. The van der Waals surface area contributed by atoms with Crippen LogP contribution in [0.1, 0.15) is 33.1 Å². The van der Waals surface area contributed by atoms with Gasteiger partial charge in [0.2, 0.25) is 0 Å². The molecule has 0 bridgehead atoms. The van der Waals surface area contributed by atoms with Crippen LogP contribution in [-0.4, -0.2) is 35.3 Å². The lowest BCUT2D eigenvalue weighted by molar-refractivity contribution is 0.0696. The maximum absolute atomic E-state index is 10.0. The SMILES string of the molecule is CCCCN1C=C2OC(C)CC2C(O)C1. The predicted molar refractivity (Wildman–Crippen MR) is 59.2 cm³/mol. The van der Waals surface area contributed by atoms with Gasteiger partial charge in [-0.2, -0.15) is 0 Å². The van der Waals surface area contributed by atoms with Gasteiger partial charge in [-0.3, -0.25) is 0 Å². The zero-order valence-electron chi connectivity index (χ0n) is 9.65. The van der Waals surface area contributed by atoms with Gasteiger partial charge in [0.15, 0.2) is 0 Å². The number of unbranched alkanes of at least 4 members (excludes halogenated alkanes) is 1. The van der Waals surface area contributed by atoms with Crippen LogP contribution in [0.4, 0.5) is 0 Å². The summed E-state index contributed by atoms with van der Waals surface area (Å²) in [5.41, 5.74) is 0. The molecule has 1 N–H and O–H groups in total. The molecule has 0 spiro atoms. The highest BCUT2D eigenvalue weighted by Gasteiger charge is 2.37. The summed E-state index contributed by atoms with van der Waals surface area (Å²) in [7, 11) is 0. The van der Waals surface area contributed by atoms with Gasteiger partial charge in [-0.1, -0.05) is 13.3 Å². The fourth-order valence-corrected chi connectivity index (χ4v) is 2.43. The molecule has 2 aliphatic rings. The first-order chi connectivity index (χ1) is 7.20. The Hall–Kier alpha value is -0.700. The van der Waals surface area contributed by atoms with Crippen LogP contribution in [-0.2, 0) is 4.74 Å². The van der Waals surface area contributed by atoms with Gasteiger partial charge in [0.05, 0.1) is 12.2 Å². The predicted octanol–water partition coefficient (Wildman–Crippen LogP) is 1.73. The Morgan fingerprint density at radius 1 is 1.60 bits per heavy atom. The smallest absolute Gasteiger partial charge is 0.118 e. The zero-order chi connectivity index (χ0) is 10.8. The Labute approximate surface area is 91.7 Å². The molecule has 2 heterocycles. The van der Waals surface area contributed by atoms with Gasteiger partial charge in [-0.15, -0.1) is 0 Å². The highest BCUT2D eigenvalue weighted by atomic mass is 16.5. The fraction of sp³-hybridized carbons (Fsp3) is 0.833. The first kappa shape index (κ1) is 10.8. The van der Waals surface area contributed by atoms with Gasteiger partial charge >= 0.3 is 0 Å².